The van der Waals surface area contributed by atoms with E-state index in [4.69, 9.17) is 9.26 Å². The number of hydrogen-bond acceptors (Lipinski definition) is 5. The zero-order valence-electron chi connectivity index (χ0n) is 18.8. The molecule has 168 valence electrons. The van der Waals surface area contributed by atoms with Gasteiger partial charge in [0.15, 0.2) is 0 Å². The Labute approximate surface area is 187 Å². The van der Waals surface area contributed by atoms with E-state index in [1.54, 1.807) is 0 Å². The van der Waals surface area contributed by atoms with Crippen LogP contribution in [0.3, 0.4) is 0 Å². The van der Waals surface area contributed by atoms with Crippen LogP contribution in [-0.4, -0.2) is 41.5 Å². The van der Waals surface area contributed by atoms with Crippen molar-refractivity contribution in [3.05, 3.63) is 59.0 Å². The summed E-state index contributed by atoms with van der Waals surface area (Å²) in [5.74, 6) is 1.64. The largest absolute Gasteiger partial charge is 0.488 e. The monoisotopic (exact) mass is 435 g/mol. The number of aryl methyl sites for hydroxylation is 2. The van der Waals surface area contributed by atoms with Crippen LogP contribution in [-0.2, 0) is 11.4 Å². The molecule has 0 saturated carbocycles. The van der Waals surface area contributed by atoms with Crippen molar-refractivity contribution in [1.29, 1.82) is 0 Å². The van der Waals surface area contributed by atoms with Gasteiger partial charge >= 0.3 is 0 Å². The lowest BCUT2D eigenvalue weighted by atomic mass is 9.96. The lowest BCUT2D eigenvalue weighted by molar-refractivity contribution is -0.119. The standard InChI is InChI=1S/C25H29N3O4/c1-16-23(17(2)32-27-16)15-31-24-13-21-7-5-4-6-20(21)12-22(24)25(30)28-10-8-19(9-11-28)14-26-18(3)29/h4-7,12-13,19H,8-11,14-15H2,1-3H3,(H,26,29). The van der Waals surface area contributed by atoms with Gasteiger partial charge in [-0.05, 0) is 55.5 Å². The maximum absolute atomic E-state index is 13.5. The molecule has 1 aliphatic heterocycles. The fourth-order valence-corrected chi connectivity index (χ4v) is 4.16. The summed E-state index contributed by atoms with van der Waals surface area (Å²) in [4.78, 5) is 26.5. The number of benzene rings is 2. The average Bonchev–Trinajstić information content (AvgIpc) is 3.12. The van der Waals surface area contributed by atoms with Crippen LogP contribution in [0.5, 0.6) is 5.75 Å². The van der Waals surface area contributed by atoms with Crippen LogP contribution in [0.1, 0.15) is 47.1 Å². The van der Waals surface area contributed by atoms with Crippen molar-refractivity contribution >= 4 is 22.6 Å². The highest BCUT2D eigenvalue weighted by Gasteiger charge is 2.26. The molecule has 1 aliphatic rings. The number of likely N-dealkylation sites (tertiary alicyclic amines) is 1. The summed E-state index contributed by atoms with van der Waals surface area (Å²) in [7, 11) is 0. The first kappa shape index (κ1) is 21.9. The van der Waals surface area contributed by atoms with E-state index in [1.807, 2.05) is 55.1 Å². The molecule has 1 saturated heterocycles. The Hall–Kier alpha value is -3.35. The smallest absolute Gasteiger partial charge is 0.257 e. The van der Waals surface area contributed by atoms with Gasteiger partial charge in [0.1, 0.15) is 18.1 Å². The molecule has 2 aromatic carbocycles. The molecular formula is C25H29N3O4. The number of piperidine rings is 1. The maximum Gasteiger partial charge on any atom is 0.257 e. The number of carbonyl (C=O) groups is 2. The Bertz CT molecular complexity index is 1110. The van der Waals surface area contributed by atoms with Crippen molar-refractivity contribution in [3.63, 3.8) is 0 Å². The molecule has 0 unspecified atom stereocenters. The Balaban J connectivity index is 1.54. The first-order chi connectivity index (χ1) is 15.4. The molecule has 7 heteroatoms. The Morgan fingerprint density at radius 1 is 1.16 bits per heavy atom. The highest BCUT2D eigenvalue weighted by Crippen LogP contribution is 2.30. The third-order valence-electron chi connectivity index (χ3n) is 6.17. The van der Waals surface area contributed by atoms with E-state index in [2.05, 4.69) is 10.5 Å². The second-order valence-electron chi connectivity index (χ2n) is 8.46. The number of fused-ring (bicyclic) bond motifs is 1. The fourth-order valence-electron chi connectivity index (χ4n) is 4.16. The molecule has 2 heterocycles. The maximum atomic E-state index is 13.5. The van der Waals surface area contributed by atoms with Gasteiger partial charge < -0.3 is 19.5 Å². The summed E-state index contributed by atoms with van der Waals surface area (Å²) < 4.78 is 11.4. The number of nitrogens with one attached hydrogen (secondary N) is 1. The van der Waals surface area contributed by atoms with Crippen LogP contribution in [0, 0.1) is 19.8 Å². The van der Waals surface area contributed by atoms with Gasteiger partial charge in [0.25, 0.3) is 5.91 Å². The number of ether oxygens (including phenoxy) is 1. The molecule has 1 fully saturated rings. The van der Waals surface area contributed by atoms with Gasteiger partial charge in [-0.1, -0.05) is 29.4 Å². The van der Waals surface area contributed by atoms with Gasteiger partial charge in [0.2, 0.25) is 5.91 Å². The molecule has 0 aliphatic carbocycles. The van der Waals surface area contributed by atoms with Crippen LogP contribution < -0.4 is 10.1 Å². The molecule has 0 atom stereocenters. The minimum absolute atomic E-state index is 0.0141. The van der Waals surface area contributed by atoms with Crippen LogP contribution >= 0.6 is 0 Å². The van der Waals surface area contributed by atoms with Crippen molar-refractivity contribution < 1.29 is 18.8 Å². The van der Waals surface area contributed by atoms with Crippen LogP contribution in [0.25, 0.3) is 10.8 Å². The summed E-state index contributed by atoms with van der Waals surface area (Å²) in [5, 5.41) is 8.89. The van der Waals surface area contributed by atoms with Crippen LogP contribution in [0.2, 0.25) is 0 Å². The molecule has 1 N–H and O–H groups in total. The summed E-state index contributed by atoms with van der Waals surface area (Å²) in [6.45, 7) is 7.56. The molecule has 2 amide bonds. The van der Waals surface area contributed by atoms with Crippen LogP contribution in [0.15, 0.2) is 40.9 Å². The van der Waals surface area contributed by atoms with Gasteiger partial charge in [0, 0.05) is 26.6 Å². The Kier molecular flexibility index (Phi) is 6.44. The predicted octanol–water partition coefficient (Wildman–Crippen LogP) is 4.01. The van der Waals surface area contributed by atoms with E-state index in [9.17, 15) is 9.59 Å². The topological polar surface area (TPSA) is 84.7 Å². The predicted molar refractivity (Wildman–Crippen MR) is 122 cm³/mol. The van der Waals surface area contributed by atoms with Crippen molar-refractivity contribution in [1.82, 2.24) is 15.4 Å². The molecule has 0 radical (unpaired) electrons. The van der Waals surface area contributed by atoms with Crippen molar-refractivity contribution in [2.45, 2.75) is 40.2 Å². The molecule has 32 heavy (non-hydrogen) atoms. The summed E-state index contributed by atoms with van der Waals surface area (Å²) >= 11 is 0. The summed E-state index contributed by atoms with van der Waals surface area (Å²) in [6, 6.07) is 11.8. The highest BCUT2D eigenvalue weighted by atomic mass is 16.5. The van der Waals surface area contributed by atoms with Gasteiger partial charge in [-0.3, -0.25) is 9.59 Å². The number of carbonyl (C=O) groups excluding carboxylic acids is 2. The Morgan fingerprint density at radius 3 is 2.47 bits per heavy atom. The molecular weight excluding hydrogens is 406 g/mol. The van der Waals surface area contributed by atoms with E-state index < -0.39 is 0 Å². The van der Waals surface area contributed by atoms with E-state index in [0.717, 1.165) is 40.6 Å². The van der Waals surface area contributed by atoms with Crippen molar-refractivity contribution in [2.24, 2.45) is 5.92 Å². The molecule has 4 rings (SSSR count). The second kappa shape index (κ2) is 9.42. The molecule has 1 aromatic heterocycles. The van der Waals surface area contributed by atoms with Gasteiger partial charge in [-0.2, -0.15) is 0 Å². The molecule has 3 aromatic rings. The third-order valence-corrected chi connectivity index (χ3v) is 6.17. The van der Waals surface area contributed by atoms with E-state index >= 15 is 0 Å². The SMILES string of the molecule is CC(=O)NCC1CCN(C(=O)c2cc3ccccc3cc2OCc2c(C)noc2C)CC1. The minimum atomic E-state index is -0.0255. The normalized spacial score (nSPS) is 14.5. The van der Waals surface area contributed by atoms with Gasteiger partial charge in [0.05, 0.1) is 16.8 Å². The summed E-state index contributed by atoms with van der Waals surface area (Å²) in [6.07, 6.45) is 1.74. The lowest BCUT2D eigenvalue weighted by Crippen LogP contribution is -2.41. The first-order valence-electron chi connectivity index (χ1n) is 11.0. The van der Waals surface area contributed by atoms with Crippen molar-refractivity contribution in [2.75, 3.05) is 19.6 Å². The second-order valence-corrected chi connectivity index (χ2v) is 8.46. The van der Waals surface area contributed by atoms with Crippen molar-refractivity contribution in [3.8, 4) is 5.75 Å². The summed E-state index contributed by atoms with van der Waals surface area (Å²) in [5.41, 5.74) is 2.25. The number of hydrogen-bond donors (Lipinski definition) is 1. The zero-order valence-corrected chi connectivity index (χ0v) is 18.8. The zero-order chi connectivity index (χ0) is 22.7. The highest BCUT2D eigenvalue weighted by molar-refractivity contribution is 6.01. The number of amides is 2. The number of nitrogens with zero attached hydrogens (tertiary/aromatic N) is 2. The number of rotatable bonds is 6. The fraction of sp³-hybridized carbons (Fsp3) is 0.400. The average molecular weight is 436 g/mol. The molecule has 0 bridgehead atoms. The van der Waals surface area contributed by atoms with E-state index in [0.29, 0.717) is 43.5 Å². The first-order valence-corrected chi connectivity index (χ1v) is 11.0. The lowest BCUT2D eigenvalue weighted by Gasteiger charge is -2.32. The molecule has 0 spiro atoms. The van der Waals surface area contributed by atoms with Gasteiger partial charge in [-0.25, -0.2) is 0 Å². The quantitative estimate of drug-likeness (QED) is 0.632. The van der Waals surface area contributed by atoms with E-state index in [-0.39, 0.29) is 11.8 Å². The minimum Gasteiger partial charge on any atom is -0.488 e. The number of aromatic nitrogens is 1. The van der Waals surface area contributed by atoms with Crippen LogP contribution in [0.4, 0.5) is 0 Å². The molecule has 7 nitrogen and oxygen atoms in total. The Morgan fingerprint density at radius 2 is 1.84 bits per heavy atom. The van der Waals surface area contributed by atoms with E-state index in [1.165, 1.54) is 6.92 Å². The van der Waals surface area contributed by atoms with Gasteiger partial charge in [-0.15, -0.1) is 0 Å². The third kappa shape index (κ3) is 4.77.